The number of phenols is 1. The Bertz CT molecular complexity index is 533. The van der Waals surface area contributed by atoms with Gasteiger partial charge in [-0.2, -0.15) is 0 Å². The molecule has 0 aromatic heterocycles. The first-order chi connectivity index (χ1) is 9.66. The highest BCUT2D eigenvalue weighted by atomic mass is 16.5. The Morgan fingerprint density at radius 2 is 1.90 bits per heavy atom. The molecule has 116 valence electrons. The van der Waals surface area contributed by atoms with E-state index in [2.05, 4.69) is 0 Å². The first-order valence-electron chi connectivity index (χ1n) is 6.57. The van der Waals surface area contributed by atoms with Gasteiger partial charge in [-0.15, -0.1) is 0 Å². The third kappa shape index (κ3) is 4.37. The molecule has 0 saturated carbocycles. The number of rotatable bonds is 5. The maximum absolute atomic E-state index is 12.5. The second kappa shape index (κ2) is 6.47. The highest BCUT2D eigenvalue weighted by molar-refractivity contribution is 5.95. The maximum atomic E-state index is 12.5. The smallest absolute Gasteiger partial charge is 0.305 e. The molecule has 1 aromatic rings. The highest BCUT2D eigenvalue weighted by Crippen LogP contribution is 2.28. The van der Waals surface area contributed by atoms with E-state index in [1.54, 1.807) is 6.07 Å². The molecule has 0 bridgehead atoms. The number of carbonyl (C=O) groups is 2. The van der Waals surface area contributed by atoms with Crippen molar-refractivity contribution in [2.75, 3.05) is 13.7 Å². The molecular formula is C15H21NO5. The number of aliphatic carboxylic acids is 1. The SMILES string of the molecule is COc1ccc(C(=O)N(CCC(=O)O)C(C)(C)C)cc1O. The van der Waals surface area contributed by atoms with Crippen molar-refractivity contribution in [1.29, 1.82) is 0 Å². The number of hydrogen-bond donors (Lipinski definition) is 2. The number of carboxylic acid groups (broad SMARTS) is 1. The monoisotopic (exact) mass is 295 g/mol. The number of ether oxygens (including phenoxy) is 1. The van der Waals surface area contributed by atoms with Crippen molar-refractivity contribution < 1.29 is 24.5 Å². The topological polar surface area (TPSA) is 87.1 Å². The molecule has 2 N–H and O–H groups in total. The van der Waals surface area contributed by atoms with E-state index < -0.39 is 11.5 Å². The van der Waals surface area contributed by atoms with E-state index in [9.17, 15) is 14.7 Å². The van der Waals surface area contributed by atoms with E-state index >= 15 is 0 Å². The molecule has 1 rings (SSSR count). The van der Waals surface area contributed by atoms with Gasteiger partial charge in [-0.1, -0.05) is 0 Å². The van der Waals surface area contributed by atoms with Crippen molar-refractivity contribution in [3.63, 3.8) is 0 Å². The van der Waals surface area contributed by atoms with Crippen LogP contribution in [0, 0.1) is 0 Å². The second-order valence-electron chi connectivity index (χ2n) is 5.66. The third-order valence-corrected chi connectivity index (χ3v) is 3.03. The van der Waals surface area contributed by atoms with Crippen LogP contribution >= 0.6 is 0 Å². The molecule has 0 radical (unpaired) electrons. The van der Waals surface area contributed by atoms with Crippen LogP contribution in [0.3, 0.4) is 0 Å². The predicted molar refractivity (Wildman–Crippen MR) is 77.7 cm³/mol. The van der Waals surface area contributed by atoms with Gasteiger partial charge in [-0.05, 0) is 39.0 Å². The van der Waals surface area contributed by atoms with Crippen molar-refractivity contribution in [1.82, 2.24) is 4.90 Å². The molecule has 6 nitrogen and oxygen atoms in total. The van der Waals surface area contributed by atoms with Gasteiger partial charge in [0, 0.05) is 17.6 Å². The number of amides is 1. The number of benzene rings is 1. The molecule has 0 heterocycles. The average Bonchev–Trinajstić information content (AvgIpc) is 2.36. The summed E-state index contributed by atoms with van der Waals surface area (Å²) in [5, 5.41) is 18.6. The Balaban J connectivity index is 3.05. The fraction of sp³-hybridized carbons (Fsp3) is 0.467. The van der Waals surface area contributed by atoms with E-state index in [0.29, 0.717) is 0 Å². The molecule has 1 amide bonds. The maximum Gasteiger partial charge on any atom is 0.305 e. The van der Waals surface area contributed by atoms with Crippen LogP contribution in [-0.2, 0) is 4.79 Å². The molecule has 0 aliphatic heterocycles. The van der Waals surface area contributed by atoms with Crippen molar-refractivity contribution in [2.45, 2.75) is 32.7 Å². The molecule has 21 heavy (non-hydrogen) atoms. The number of carbonyl (C=O) groups excluding carboxylic acids is 1. The summed E-state index contributed by atoms with van der Waals surface area (Å²) in [5.74, 6) is -1.15. The molecule has 0 atom stereocenters. The van der Waals surface area contributed by atoms with Gasteiger partial charge in [-0.25, -0.2) is 0 Å². The summed E-state index contributed by atoms with van der Waals surface area (Å²) in [6.07, 6.45) is -0.134. The molecular weight excluding hydrogens is 274 g/mol. The standard InChI is InChI=1S/C15H21NO5/c1-15(2,3)16(8-7-13(18)19)14(20)10-5-6-12(21-4)11(17)9-10/h5-6,9,17H,7-8H2,1-4H3,(H,18,19). The highest BCUT2D eigenvalue weighted by Gasteiger charge is 2.28. The van der Waals surface area contributed by atoms with Gasteiger partial charge in [0.05, 0.1) is 13.5 Å². The van der Waals surface area contributed by atoms with Crippen LogP contribution in [0.25, 0.3) is 0 Å². The number of nitrogens with zero attached hydrogens (tertiary/aromatic N) is 1. The average molecular weight is 295 g/mol. The fourth-order valence-corrected chi connectivity index (χ4v) is 1.93. The Morgan fingerprint density at radius 3 is 2.33 bits per heavy atom. The molecule has 0 fully saturated rings. The second-order valence-corrected chi connectivity index (χ2v) is 5.66. The van der Waals surface area contributed by atoms with Crippen LogP contribution in [0.1, 0.15) is 37.6 Å². The Morgan fingerprint density at radius 1 is 1.29 bits per heavy atom. The van der Waals surface area contributed by atoms with Crippen LogP contribution in [0.15, 0.2) is 18.2 Å². The van der Waals surface area contributed by atoms with E-state index in [1.165, 1.54) is 24.1 Å². The Kier molecular flexibility index (Phi) is 5.18. The molecule has 0 spiro atoms. The first-order valence-corrected chi connectivity index (χ1v) is 6.57. The number of methoxy groups -OCH3 is 1. The van der Waals surface area contributed by atoms with Gasteiger partial charge < -0.3 is 19.8 Å². The van der Waals surface area contributed by atoms with Gasteiger partial charge >= 0.3 is 5.97 Å². The number of carboxylic acids is 1. The summed E-state index contributed by atoms with van der Waals surface area (Å²) < 4.78 is 4.93. The Hall–Kier alpha value is -2.24. The van der Waals surface area contributed by atoms with E-state index in [1.807, 2.05) is 20.8 Å². The summed E-state index contributed by atoms with van der Waals surface area (Å²) in [6, 6.07) is 4.36. The molecule has 0 aliphatic rings. The molecule has 0 aliphatic carbocycles. The number of hydrogen-bond acceptors (Lipinski definition) is 4. The summed E-state index contributed by atoms with van der Waals surface area (Å²) in [7, 11) is 1.42. The lowest BCUT2D eigenvalue weighted by Gasteiger charge is -2.35. The summed E-state index contributed by atoms with van der Waals surface area (Å²) in [6.45, 7) is 5.59. The Labute approximate surface area is 124 Å². The van der Waals surface area contributed by atoms with Gasteiger partial charge in [0.2, 0.25) is 0 Å². The van der Waals surface area contributed by atoms with Crippen molar-refractivity contribution in [3.8, 4) is 11.5 Å². The predicted octanol–water partition coefficient (Wildman–Crippen LogP) is 2.12. The van der Waals surface area contributed by atoms with Crippen molar-refractivity contribution >= 4 is 11.9 Å². The molecule has 0 unspecified atom stereocenters. The van der Waals surface area contributed by atoms with Gasteiger partial charge in [-0.3, -0.25) is 9.59 Å². The van der Waals surface area contributed by atoms with Crippen LogP contribution in [-0.4, -0.2) is 46.2 Å². The minimum atomic E-state index is -0.963. The van der Waals surface area contributed by atoms with Crippen LogP contribution in [0.2, 0.25) is 0 Å². The summed E-state index contributed by atoms with van der Waals surface area (Å²) in [5.41, 5.74) is -0.240. The normalized spacial score (nSPS) is 11.0. The number of aromatic hydroxyl groups is 1. The van der Waals surface area contributed by atoms with Gasteiger partial charge in [0.25, 0.3) is 5.91 Å². The molecule has 1 aromatic carbocycles. The van der Waals surface area contributed by atoms with E-state index in [4.69, 9.17) is 9.84 Å². The van der Waals surface area contributed by atoms with E-state index in [0.717, 1.165) is 0 Å². The quantitative estimate of drug-likeness (QED) is 0.868. The van der Waals surface area contributed by atoms with Crippen LogP contribution in [0.4, 0.5) is 0 Å². The molecule has 6 heteroatoms. The van der Waals surface area contributed by atoms with E-state index in [-0.39, 0.29) is 35.9 Å². The minimum Gasteiger partial charge on any atom is -0.504 e. The lowest BCUT2D eigenvalue weighted by Crippen LogP contribution is -2.46. The summed E-state index contributed by atoms with van der Waals surface area (Å²) >= 11 is 0. The van der Waals surface area contributed by atoms with Crippen LogP contribution < -0.4 is 4.74 Å². The fourth-order valence-electron chi connectivity index (χ4n) is 1.93. The first kappa shape index (κ1) is 16.8. The van der Waals surface area contributed by atoms with Crippen molar-refractivity contribution in [2.24, 2.45) is 0 Å². The van der Waals surface area contributed by atoms with Gasteiger partial charge in [0.1, 0.15) is 0 Å². The zero-order valence-corrected chi connectivity index (χ0v) is 12.7. The van der Waals surface area contributed by atoms with Gasteiger partial charge in [0.15, 0.2) is 11.5 Å². The lowest BCUT2D eigenvalue weighted by molar-refractivity contribution is -0.137. The van der Waals surface area contributed by atoms with Crippen molar-refractivity contribution in [3.05, 3.63) is 23.8 Å². The minimum absolute atomic E-state index is 0.102. The largest absolute Gasteiger partial charge is 0.504 e. The molecule has 0 saturated heterocycles. The summed E-state index contributed by atoms with van der Waals surface area (Å²) in [4.78, 5) is 24.7. The number of phenolic OH excluding ortho intramolecular Hbond substituents is 1. The van der Waals surface area contributed by atoms with Crippen LogP contribution in [0.5, 0.6) is 11.5 Å². The lowest BCUT2D eigenvalue weighted by atomic mass is 10.0. The third-order valence-electron chi connectivity index (χ3n) is 3.03. The zero-order valence-electron chi connectivity index (χ0n) is 12.7. The zero-order chi connectivity index (χ0) is 16.2.